The van der Waals surface area contributed by atoms with Crippen molar-refractivity contribution in [1.29, 1.82) is 0 Å². The lowest BCUT2D eigenvalue weighted by Gasteiger charge is -2.23. The van der Waals surface area contributed by atoms with Crippen molar-refractivity contribution in [2.24, 2.45) is 4.99 Å². The third-order valence-electron chi connectivity index (χ3n) is 7.09. The summed E-state index contributed by atoms with van der Waals surface area (Å²) in [4.78, 5) is 34.3. The molecule has 0 saturated heterocycles. The molecule has 0 fully saturated rings. The first-order valence-electron chi connectivity index (χ1n) is 13.7. The average molecular weight is 557 g/mol. The fourth-order valence-electron chi connectivity index (χ4n) is 4.92. The maximum absolute atomic E-state index is 13.2. The number of hydrogen-bond donors (Lipinski definition) is 1. The summed E-state index contributed by atoms with van der Waals surface area (Å²) in [5.41, 5.74) is 4.06. The number of aromatic amines is 1. The van der Waals surface area contributed by atoms with Gasteiger partial charge in [-0.25, -0.2) is 4.99 Å². The van der Waals surface area contributed by atoms with Gasteiger partial charge in [0.15, 0.2) is 0 Å². The van der Waals surface area contributed by atoms with Crippen molar-refractivity contribution in [3.05, 3.63) is 116 Å². The highest BCUT2D eigenvalue weighted by Gasteiger charge is 2.19. The third kappa shape index (κ3) is 6.72. The molecule has 40 heavy (non-hydrogen) atoms. The van der Waals surface area contributed by atoms with Crippen LogP contribution >= 0.6 is 11.6 Å². The fourth-order valence-corrected chi connectivity index (χ4v) is 5.12. The van der Waals surface area contributed by atoms with Gasteiger partial charge in [-0.15, -0.1) is 0 Å². The number of carbonyl (C=O) groups excluding carboxylic acids is 1. The minimum Gasteiger partial charge on any atom is -0.493 e. The van der Waals surface area contributed by atoms with Crippen molar-refractivity contribution >= 4 is 29.8 Å². The van der Waals surface area contributed by atoms with E-state index >= 15 is 0 Å². The Kier molecular flexibility index (Phi) is 8.81. The minimum absolute atomic E-state index is 0.172. The second kappa shape index (κ2) is 12.8. The molecule has 7 nitrogen and oxygen atoms in total. The number of ether oxygens (including phenoxy) is 1. The largest absolute Gasteiger partial charge is 0.493 e. The summed E-state index contributed by atoms with van der Waals surface area (Å²) in [7, 11) is 0. The quantitative estimate of drug-likeness (QED) is 0.217. The Morgan fingerprint density at radius 1 is 0.975 bits per heavy atom. The zero-order valence-electron chi connectivity index (χ0n) is 22.4. The van der Waals surface area contributed by atoms with Crippen LogP contribution in [0.1, 0.15) is 48.8 Å². The standard InChI is InChI=1S/C32H33ClN4O3/c1-23-31(39)35-32-34-28-18-26(33)19-29(27(28)22-37(23)32)40-17-11-3-2-10-16-30(38)36(20-24-12-6-4-7-13-24)21-25-14-8-5-9-15-25/h4-9,12-15,18-19H,1-3,10-11,16-17,20-22H2,(H,34,35,39). The summed E-state index contributed by atoms with van der Waals surface area (Å²) in [6, 6.07) is 23.8. The Morgan fingerprint density at radius 2 is 1.62 bits per heavy atom. The maximum atomic E-state index is 13.2. The van der Waals surface area contributed by atoms with Gasteiger partial charge in [-0.3, -0.25) is 14.6 Å². The summed E-state index contributed by atoms with van der Waals surface area (Å²) in [5, 5.41) is 0.898. The first-order valence-corrected chi connectivity index (χ1v) is 14.0. The van der Waals surface area contributed by atoms with E-state index in [0.29, 0.717) is 60.1 Å². The van der Waals surface area contributed by atoms with Crippen molar-refractivity contribution in [3.63, 3.8) is 0 Å². The summed E-state index contributed by atoms with van der Waals surface area (Å²) in [6.07, 6.45) is 4.12. The van der Waals surface area contributed by atoms with E-state index in [1.54, 1.807) is 16.7 Å². The van der Waals surface area contributed by atoms with Gasteiger partial charge in [-0.05, 0) is 36.1 Å². The van der Waals surface area contributed by atoms with E-state index in [2.05, 4.69) is 40.8 Å². The van der Waals surface area contributed by atoms with Crippen LogP contribution in [0.15, 0.2) is 82.6 Å². The monoisotopic (exact) mass is 556 g/mol. The van der Waals surface area contributed by atoms with Gasteiger partial charge in [-0.2, -0.15) is 0 Å². The lowest BCUT2D eigenvalue weighted by Crippen LogP contribution is -2.32. The van der Waals surface area contributed by atoms with Crippen molar-refractivity contribution in [2.45, 2.75) is 51.7 Å². The number of fused-ring (bicyclic) bond motifs is 2. The number of carbonyl (C=O) groups is 1. The number of rotatable bonds is 12. The van der Waals surface area contributed by atoms with Gasteiger partial charge in [0.25, 0.3) is 5.56 Å². The highest BCUT2D eigenvalue weighted by molar-refractivity contribution is 6.31. The van der Waals surface area contributed by atoms with E-state index in [1.807, 2.05) is 41.3 Å². The first-order chi connectivity index (χ1) is 19.5. The Balaban J connectivity index is 1.10. The van der Waals surface area contributed by atoms with E-state index in [4.69, 9.17) is 16.3 Å². The predicted molar refractivity (Wildman–Crippen MR) is 157 cm³/mol. The Labute approximate surface area is 238 Å². The molecule has 0 saturated carbocycles. The Hall–Kier alpha value is -4.10. The highest BCUT2D eigenvalue weighted by atomic mass is 35.5. The van der Waals surface area contributed by atoms with Crippen LogP contribution in [-0.4, -0.2) is 27.0 Å². The zero-order chi connectivity index (χ0) is 27.9. The second-order valence-corrected chi connectivity index (χ2v) is 10.5. The molecule has 1 aliphatic rings. The molecule has 206 valence electrons. The lowest BCUT2D eigenvalue weighted by molar-refractivity contribution is -0.132. The molecule has 5 rings (SSSR count). The van der Waals surface area contributed by atoms with Gasteiger partial charge in [-0.1, -0.05) is 91.7 Å². The number of hydrogen-bond acceptors (Lipinski definition) is 4. The van der Waals surface area contributed by atoms with Crippen LogP contribution < -0.4 is 21.3 Å². The number of nitrogens with one attached hydrogen (secondary N) is 1. The summed E-state index contributed by atoms with van der Waals surface area (Å²) in [6.45, 7) is 6.03. The molecule has 4 aromatic rings. The molecule has 3 aromatic carbocycles. The number of benzene rings is 3. The van der Waals surface area contributed by atoms with Crippen molar-refractivity contribution in [1.82, 2.24) is 14.5 Å². The molecule has 1 N–H and O–H groups in total. The fraction of sp³-hybridized carbons (Fsp3) is 0.281. The van der Waals surface area contributed by atoms with Crippen molar-refractivity contribution < 1.29 is 9.53 Å². The number of nitrogens with zero attached hydrogens (tertiary/aromatic N) is 3. The van der Waals surface area contributed by atoms with Crippen LogP contribution in [0.4, 0.5) is 5.69 Å². The van der Waals surface area contributed by atoms with Crippen LogP contribution in [-0.2, 0) is 24.4 Å². The van der Waals surface area contributed by atoms with E-state index in [-0.39, 0.29) is 11.5 Å². The molecule has 1 amide bonds. The normalized spacial score (nSPS) is 11.8. The summed E-state index contributed by atoms with van der Waals surface area (Å²) >= 11 is 6.32. The van der Waals surface area contributed by atoms with Gasteiger partial charge in [0.05, 0.1) is 18.8 Å². The molecule has 0 atom stereocenters. The van der Waals surface area contributed by atoms with Crippen LogP contribution in [0.3, 0.4) is 0 Å². The lowest BCUT2D eigenvalue weighted by atomic mass is 10.1. The minimum atomic E-state index is -0.248. The number of halogens is 1. The summed E-state index contributed by atoms with van der Waals surface area (Å²) in [5.74, 6) is 0.844. The number of unbranched alkanes of at least 4 members (excludes halogenated alkanes) is 3. The molecule has 1 aliphatic heterocycles. The van der Waals surface area contributed by atoms with Gasteiger partial charge in [0, 0.05) is 30.1 Å². The molecule has 0 bridgehead atoms. The van der Waals surface area contributed by atoms with Crippen LogP contribution in [0.2, 0.25) is 5.02 Å². The molecular weight excluding hydrogens is 524 g/mol. The molecule has 2 heterocycles. The average Bonchev–Trinajstić information content (AvgIpc) is 3.23. The van der Waals surface area contributed by atoms with Crippen LogP contribution in [0.25, 0.3) is 6.58 Å². The molecule has 0 spiro atoms. The van der Waals surface area contributed by atoms with Crippen molar-refractivity contribution in [2.75, 3.05) is 6.61 Å². The molecule has 0 aliphatic carbocycles. The Bertz CT molecular complexity index is 1590. The smallest absolute Gasteiger partial charge is 0.274 e. The van der Waals surface area contributed by atoms with Gasteiger partial charge >= 0.3 is 0 Å². The molecule has 0 unspecified atom stereocenters. The van der Waals surface area contributed by atoms with E-state index < -0.39 is 0 Å². The van der Waals surface area contributed by atoms with E-state index in [0.717, 1.165) is 42.4 Å². The van der Waals surface area contributed by atoms with Gasteiger partial charge < -0.3 is 14.2 Å². The third-order valence-corrected chi connectivity index (χ3v) is 7.31. The SMILES string of the molecule is C=c1c(=O)[nH]c2n1Cc1c(cc(Cl)cc1OCCCCCCC(=O)N(Cc1ccccc1)Cc1ccccc1)N=2. The molecular formula is C32H33ClN4O3. The first kappa shape index (κ1) is 27.5. The number of amides is 1. The number of aromatic nitrogens is 2. The molecule has 0 radical (unpaired) electrons. The second-order valence-electron chi connectivity index (χ2n) is 10.1. The van der Waals surface area contributed by atoms with Gasteiger partial charge in [0.1, 0.15) is 11.1 Å². The van der Waals surface area contributed by atoms with Gasteiger partial charge in [0.2, 0.25) is 11.5 Å². The molecule has 8 heteroatoms. The predicted octanol–water partition coefficient (Wildman–Crippen LogP) is 5.11. The molecule has 1 aromatic heterocycles. The topological polar surface area (TPSA) is 79.7 Å². The Morgan fingerprint density at radius 3 is 2.30 bits per heavy atom. The van der Waals surface area contributed by atoms with Crippen molar-refractivity contribution in [3.8, 4) is 5.75 Å². The van der Waals surface area contributed by atoms with E-state index in [1.165, 1.54) is 0 Å². The van der Waals surface area contributed by atoms with E-state index in [9.17, 15) is 9.59 Å². The number of imidazole rings is 1. The zero-order valence-corrected chi connectivity index (χ0v) is 23.2. The van der Waals surface area contributed by atoms with Crippen LogP contribution in [0.5, 0.6) is 5.75 Å². The number of H-pyrrole nitrogens is 1. The maximum Gasteiger partial charge on any atom is 0.274 e. The summed E-state index contributed by atoms with van der Waals surface area (Å²) < 4.78 is 7.86. The highest BCUT2D eigenvalue weighted by Crippen LogP contribution is 2.34. The van der Waals surface area contributed by atoms with Crippen LogP contribution in [0, 0.1) is 0 Å².